The monoisotopic (exact) mass is 416 g/mol. The van der Waals surface area contributed by atoms with Crippen molar-refractivity contribution in [2.75, 3.05) is 25.4 Å². The standard InChI is InChI=1S/C16H21ClN4O5S/c17-12-9-18-16(19-10-12)26-13-3-2-6-20(11-13)27(24,25)8-7-21-14(22)4-1-5-15(21)23/h9-10,13H,1-8,11H2. The summed E-state index contributed by atoms with van der Waals surface area (Å²) in [6.45, 7) is 0.449. The van der Waals surface area contributed by atoms with Gasteiger partial charge >= 0.3 is 6.01 Å². The lowest BCUT2D eigenvalue weighted by molar-refractivity contribution is -0.147. The summed E-state index contributed by atoms with van der Waals surface area (Å²) in [6.07, 6.45) is 4.87. The van der Waals surface area contributed by atoms with Crippen LogP contribution in [0.1, 0.15) is 32.1 Å². The molecule has 1 aromatic heterocycles. The van der Waals surface area contributed by atoms with Gasteiger partial charge in [0.25, 0.3) is 0 Å². The number of amides is 2. The number of sulfonamides is 1. The maximum Gasteiger partial charge on any atom is 0.316 e. The van der Waals surface area contributed by atoms with Gasteiger partial charge in [-0.05, 0) is 19.3 Å². The molecule has 27 heavy (non-hydrogen) atoms. The van der Waals surface area contributed by atoms with Crippen molar-refractivity contribution in [3.05, 3.63) is 17.4 Å². The van der Waals surface area contributed by atoms with Gasteiger partial charge in [0.15, 0.2) is 0 Å². The predicted molar refractivity (Wildman–Crippen MR) is 96.6 cm³/mol. The number of halogens is 1. The van der Waals surface area contributed by atoms with Crippen LogP contribution in [-0.4, -0.2) is 70.9 Å². The third-order valence-corrected chi connectivity index (χ3v) is 6.57. The van der Waals surface area contributed by atoms with E-state index < -0.39 is 10.0 Å². The summed E-state index contributed by atoms with van der Waals surface area (Å²) in [5.74, 6) is -0.892. The average molecular weight is 417 g/mol. The van der Waals surface area contributed by atoms with E-state index >= 15 is 0 Å². The number of imide groups is 1. The molecule has 0 radical (unpaired) electrons. The number of carbonyl (C=O) groups excluding carboxylic acids is 2. The number of hydrogen-bond donors (Lipinski definition) is 0. The van der Waals surface area contributed by atoms with E-state index in [1.165, 1.54) is 16.7 Å². The first-order valence-corrected chi connectivity index (χ1v) is 10.8. The van der Waals surface area contributed by atoms with Crippen molar-refractivity contribution in [3.8, 4) is 6.01 Å². The number of ether oxygens (including phenoxy) is 1. The van der Waals surface area contributed by atoms with E-state index in [0.717, 1.165) is 4.90 Å². The minimum absolute atomic E-state index is 0.109. The molecule has 1 aromatic rings. The van der Waals surface area contributed by atoms with Crippen molar-refractivity contribution in [2.45, 2.75) is 38.2 Å². The highest BCUT2D eigenvalue weighted by atomic mass is 35.5. The highest BCUT2D eigenvalue weighted by Crippen LogP contribution is 2.19. The number of aromatic nitrogens is 2. The zero-order valence-electron chi connectivity index (χ0n) is 14.7. The Labute approximate surface area is 162 Å². The van der Waals surface area contributed by atoms with Gasteiger partial charge in [0.2, 0.25) is 21.8 Å². The molecule has 0 aliphatic carbocycles. The van der Waals surface area contributed by atoms with Crippen molar-refractivity contribution in [3.63, 3.8) is 0 Å². The van der Waals surface area contributed by atoms with E-state index in [2.05, 4.69) is 9.97 Å². The molecule has 2 aliphatic rings. The van der Waals surface area contributed by atoms with Crippen LogP contribution < -0.4 is 4.74 Å². The first-order valence-electron chi connectivity index (χ1n) is 8.80. The lowest BCUT2D eigenvalue weighted by Crippen LogP contribution is -2.48. The van der Waals surface area contributed by atoms with Crippen LogP contribution in [0, 0.1) is 0 Å². The minimum Gasteiger partial charge on any atom is -0.459 e. The van der Waals surface area contributed by atoms with Crippen molar-refractivity contribution in [1.29, 1.82) is 0 Å². The largest absolute Gasteiger partial charge is 0.459 e. The molecule has 9 nitrogen and oxygen atoms in total. The van der Waals surface area contributed by atoms with Crippen LogP contribution in [0.5, 0.6) is 6.01 Å². The van der Waals surface area contributed by atoms with Crippen molar-refractivity contribution in [2.24, 2.45) is 0 Å². The summed E-state index contributed by atoms with van der Waals surface area (Å²) in [4.78, 5) is 32.6. The maximum atomic E-state index is 12.7. The molecular formula is C16H21ClN4O5S. The Morgan fingerprint density at radius 2 is 1.81 bits per heavy atom. The van der Waals surface area contributed by atoms with E-state index in [9.17, 15) is 18.0 Å². The molecule has 2 amide bonds. The van der Waals surface area contributed by atoms with Gasteiger partial charge in [-0.3, -0.25) is 14.5 Å². The summed E-state index contributed by atoms with van der Waals surface area (Å²) in [5, 5.41) is 0.386. The number of likely N-dealkylation sites (tertiary alicyclic amines) is 1. The zero-order chi connectivity index (χ0) is 19.4. The van der Waals surface area contributed by atoms with Gasteiger partial charge in [-0.1, -0.05) is 11.6 Å². The summed E-state index contributed by atoms with van der Waals surface area (Å²) in [7, 11) is -3.62. The molecule has 11 heteroatoms. The summed E-state index contributed by atoms with van der Waals surface area (Å²) < 4.78 is 32.3. The molecule has 2 aliphatic heterocycles. The fourth-order valence-corrected chi connectivity index (χ4v) is 4.72. The Morgan fingerprint density at radius 1 is 1.15 bits per heavy atom. The average Bonchev–Trinajstić information content (AvgIpc) is 2.63. The Kier molecular flexibility index (Phi) is 6.28. The predicted octanol–water partition coefficient (Wildman–Crippen LogP) is 0.842. The molecule has 0 saturated carbocycles. The van der Waals surface area contributed by atoms with Crippen molar-refractivity contribution < 1.29 is 22.7 Å². The van der Waals surface area contributed by atoms with E-state index in [-0.39, 0.29) is 55.6 Å². The zero-order valence-corrected chi connectivity index (χ0v) is 16.3. The lowest BCUT2D eigenvalue weighted by Gasteiger charge is -2.32. The second kappa shape index (κ2) is 8.49. The highest BCUT2D eigenvalue weighted by Gasteiger charge is 2.32. The first-order chi connectivity index (χ1) is 12.8. The van der Waals surface area contributed by atoms with Gasteiger partial charge in [0.1, 0.15) is 6.10 Å². The molecule has 2 fully saturated rings. The molecule has 0 N–H and O–H groups in total. The molecule has 1 unspecified atom stereocenters. The topological polar surface area (TPSA) is 110 Å². The van der Waals surface area contributed by atoms with Gasteiger partial charge in [-0.2, -0.15) is 4.31 Å². The van der Waals surface area contributed by atoms with Gasteiger partial charge in [0.05, 0.1) is 29.7 Å². The van der Waals surface area contributed by atoms with Crippen LogP contribution in [0.15, 0.2) is 12.4 Å². The smallest absolute Gasteiger partial charge is 0.316 e. The Bertz CT molecular complexity index is 786. The third-order valence-electron chi connectivity index (χ3n) is 4.56. The van der Waals surface area contributed by atoms with Gasteiger partial charge in [0, 0.05) is 25.9 Å². The van der Waals surface area contributed by atoms with Crippen LogP contribution in [0.2, 0.25) is 5.02 Å². The molecule has 3 rings (SSSR count). The fourth-order valence-electron chi connectivity index (χ4n) is 3.15. The molecular weight excluding hydrogens is 396 g/mol. The third kappa shape index (κ3) is 5.14. The molecule has 148 valence electrons. The summed E-state index contributed by atoms with van der Waals surface area (Å²) in [6, 6.07) is 0.146. The Morgan fingerprint density at radius 3 is 2.48 bits per heavy atom. The van der Waals surface area contributed by atoms with Crippen LogP contribution in [0.3, 0.4) is 0 Å². The quantitative estimate of drug-likeness (QED) is 0.632. The van der Waals surface area contributed by atoms with E-state index in [0.29, 0.717) is 30.8 Å². The second-order valence-corrected chi connectivity index (χ2v) is 9.06. The SMILES string of the molecule is O=C1CCCC(=O)N1CCS(=O)(=O)N1CCCC(Oc2ncc(Cl)cn2)C1. The summed E-state index contributed by atoms with van der Waals surface area (Å²) >= 11 is 5.74. The fraction of sp³-hybridized carbons (Fsp3) is 0.625. The van der Waals surface area contributed by atoms with Crippen molar-refractivity contribution in [1.82, 2.24) is 19.2 Å². The highest BCUT2D eigenvalue weighted by molar-refractivity contribution is 7.89. The van der Waals surface area contributed by atoms with Crippen LogP contribution >= 0.6 is 11.6 Å². The van der Waals surface area contributed by atoms with Crippen LogP contribution in [0.4, 0.5) is 0 Å². The molecule has 0 aromatic carbocycles. The van der Waals surface area contributed by atoms with Gasteiger partial charge in [-0.25, -0.2) is 18.4 Å². The van der Waals surface area contributed by atoms with E-state index in [1.807, 2.05) is 0 Å². The lowest BCUT2D eigenvalue weighted by atomic mass is 10.1. The molecule has 0 bridgehead atoms. The number of nitrogens with zero attached hydrogens (tertiary/aromatic N) is 4. The minimum atomic E-state index is -3.62. The normalized spacial score (nSPS) is 22.1. The molecule has 2 saturated heterocycles. The molecule has 3 heterocycles. The van der Waals surface area contributed by atoms with Crippen LogP contribution in [0.25, 0.3) is 0 Å². The number of carbonyl (C=O) groups is 2. The first kappa shape index (κ1) is 20.0. The maximum absolute atomic E-state index is 12.7. The Hall–Kier alpha value is -1.78. The van der Waals surface area contributed by atoms with Gasteiger partial charge in [-0.15, -0.1) is 0 Å². The number of rotatable bonds is 6. The molecule has 1 atom stereocenters. The number of piperidine rings is 2. The van der Waals surface area contributed by atoms with Crippen molar-refractivity contribution >= 4 is 33.4 Å². The van der Waals surface area contributed by atoms with E-state index in [4.69, 9.17) is 16.3 Å². The molecule has 0 spiro atoms. The van der Waals surface area contributed by atoms with Gasteiger partial charge < -0.3 is 4.74 Å². The number of hydrogen-bond acceptors (Lipinski definition) is 7. The second-order valence-electron chi connectivity index (χ2n) is 6.53. The van der Waals surface area contributed by atoms with E-state index in [1.54, 1.807) is 0 Å². The summed E-state index contributed by atoms with van der Waals surface area (Å²) in [5.41, 5.74) is 0. The Balaban J connectivity index is 1.58. The van der Waals surface area contributed by atoms with Crippen LogP contribution in [-0.2, 0) is 19.6 Å².